The molecule has 0 aliphatic heterocycles. The van der Waals surface area contributed by atoms with Crippen LogP contribution in [0.5, 0.6) is 0 Å². The van der Waals surface area contributed by atoms with Crippen molar-refractivity contribution in [3.63, 3.8) is 0 Å². The van der Waals surface area contributed by atoms with Gasteiger partial charge in [0.1, 0.15) is 5.69 Å². The Bertz CT molecular complexity index is 518. The highest BCUT2D eigenvalue weighted by Gasteiger charge is 2.08. The molecule has 2 heterocycles. The summed E-state index contributed by atoms with van der Waals surface area (Å²) in [6.45, 7) is 2.95. The Morgan fingerprint density at radius 2 is 2.47 bits per heavy atom. The zero-order valence-corrected chi connectivity index (χ0v) is 10.2. The maximum absolute atomic E-state index is 11.6. The topological polar surface area (TPSA) is 85.8 Å². The molecule has 1 amide bonds. The van der Waals surface area contributed by atoms with Gasteiger partial charge in [0.05, 0.1) is 23.4 Å². The van der Waals surface area contributed by atoms with E-state index in [9.17, 15) is 4.79 Å². The van der Waals surface area contributed by atoms with Crippen molar-refractivity contribution in [2.75, 3.05) is 12.3 Å². The van der Waals surface area contributed by atoms with Gasteiger partial charge in [-0.1, -0.05) is 0 Å². The summed E-state index contributed by atoms with van der Waals surface area (Å²) in [5.41, 5.74) is 6.61. The van der Waals surface area contributed by atoms with Crippen molar-refractivity contribution < 1.29 is 4.79 Å². The Morgan fingerprint density at radius 1 is 1.65 bits per heavy atom. The van der Waals surface area contributed by atoms with Crippen LogP contribution in [0.15, 0.2) is 17.8 Å². The molecular formula is C10H13N5OS. The van der Waals surface area contributed by atoms with Crippen LogP contribution in [0.1, 0.15) is 15.5 Å². The Balaban J connectivity index is 1.81. The van der Waals surface area contributed by atoms with Gasteiger partial charge in [-0.3, -0.25) is 9.48 Å². The molecule has 0 aliphatic carbocycles. The van der Waals surface area contributed by atoms with Gasteiger partial charge in [0.25, 0.3) is 5.91 Å². The number of thiazole rings is 1. The predicted molar refractivity (Wildman–Crippen MR) is 65.8 cm³/mol. The number of hydrogen-bond donors (Lipinski definition) is 2. The zero-order valence-electron chi connectivity index (χ0n) is 9.38. The molecule has 0 unspecified atom stereocenters. The molecule has 0 fully saturated rings. The van der Waals surface area contributed by atoms with Crippen molar-refractivity contribution >= 4 is 22.9 Å². The van der Waals surface area contributed by atoms with Gasteiger partial charge in [-0.25, -0.2) is 4.98 Å². The van der Waals surface area contributed by atoms with E-state index in [2.05, 4.69) is 15.4 Å². The van der Waals surface area contributed by atoms with Crippen LogP contribution in [0.25, 0.3) is 0 Å². The minimum atomic E-state index is -0.158. The number of carbonyl (C=O) groups is 1. The van der Waals surface area contributed by atoms with E-state index in [0.29, 0.717) is 24.5 Å². The summed E-state index contributed by atoms with van der Waals surface area (Å²) in [4.78, 5) is 15.7. The fraction of sp³-hybridized carbons (Fsp3) is 0.300. The van der Waals surface area contributed by atoms with Crippen LogP contribution >= 0.6 is 11.3 Å². The molecule has 0 atom stereocenters. The lowest BCUT2D eigenvalue weighted by Crippen LogP contribution is -2.27. The Kier molecular flexibility index (Phi) is 3.38. The number of aromatic nitrogens is 3. The first-order chi connectivity index (χ1) is 8.15. The van der Waals surface area contributed by atoms with Gasteiger partial charge in [-0.2, -0.15) is 5.10 Å². The number of carbonyl (C=O) groups excluding carboxylic acids is 1. The summed E-state index contributed by atoms with van der Waals surface area (Å²) in [5, 5.41) is 9.42. The average Bonchev–Trinajstić information content (AvgIpc) is 2.88. The summed E-state index contributed by atoms with van der Waals surface area (Å²) < 4.78 is 1.68. The molecule has 6 nitrogen and oxygen atoms in total. The summed E-state index contributed by atoms with van der Waals surface area (Å²) in [5.74, 6) is -0.158. The van der Waals surface area contributed by atoms with E-state index in [-0.39, 0.29) is 5.91 Å². The normalized spacial score (nSPS) is 10.4. The molecule has 7 heteroatoms. The SMILES string of the molecule is Cc1nc(C(=O)NCCn2cc(N)cn2)cs1. The fourth-order valence-electron chi connectivity index (χ4n) is 1.34. The van der Waals surface area contributed by atoms with Gasteiger partial charge in [-0.05, 0) is 6.92 Å². The lowest BCUT2D eigenvalue weighted by molar-refractivity contribution is 0.0947. The number of nitrogens with two attached hydrogens (primary N) is 1. The van der Waals surface area contributed by atoms with Crippen LogP contribution in [0.3, 0.4) is 0 Å². The maximum Gasteiger partial charge on any atom is 0.270 e. The molecule has 2 aromatic rings. The molecule has 2 aromatic heterocycles. The number of nitrogen functional groups attached to an aromatic ring is 1. The summed E-state index contributed by atoms with van der Waals surface area (Å²) in [7, 11) is 0. The van der Waals surface area contributed by atoms with Crippen LogP contribution in [0.4, 0.5) is 5.69 Å². The van der Waals surface area contributed by atoms with Crippen LogP contribution in [0.2, 0.25) is 0 Å². The third-order valence-corrected chi connectivity index (χ3v) is 2.90. The first kappa shape index (κ1) is 11.6. The molecule has 0 aromatic carbocycles. The highest BCUT2D eigenvalue weighted by Crippen LogP contribution is 2.07. The van der Waals surface area contributed by atoms with Gasteiger partial charge in [0.15, 0.2) is 0 Å². The molecule has 90 valence electrons. The predicted octanol–water partition coefficient (Wildman–Crippen LogP) is 0.660. The average molecular weight is 251 g/mol. The van der Waals surface area contributed by atoms with E-state index in [1.807, 2.05) is 6.92 Å². The van der Waals surface area contributed by atoms with E-state index in [1.54, 1.807) is 22.5 Å². The zero-order chi connectivity index (χ0) is 12.3. The standard InChI is InChI=1S/C10H13N5OS/c1-7-14-9(6-17-7)10(16)12-2-3-15-5-8(11)4-13-15/h4-6H,2-3,11H2,1H3,(H,12,16). The number of nitrogens with one attached hydrogen (secondary N) is 1. The van der Waals surface area contributed by atoms with E-state index in [4.69, 9.17) is 5.73 Å². The third kappa shape index (κ3) is 3.04. The number of rotatable bonds is 4. The highest BCUT2D eigenvalue weighted by atomic mass is 32.1. The molecule has 0 aliphatic rings. The van der Waals surface area contributed by atoms with Gasteiger partial charge in [0.2, 0.25) is 0 Å². The van der Waals surface area contributed by atoms with E-state index >= 15 is 0 Å². The summed E-state index contributed by atoms with van der Waals surface area (Å²) >= 11 is 1.46. The third-order valence-electron chi connectivity index (χ3n) is 2.13. The number of nitrogens with zero attached hydrogens (tertiary/aromatic N) is 3. The van der Waals surface area contributed by atoms with Crippen molar-refractivity contribution in [3.05, 3.63) is 28.5 Å². The van der Waals surface area contributed by atoms with Crippen molar-refractivity contribution in [1.82, 2.24) is 20.1 Å². The van der Waals surface area contributed by atoms with Crippen LogP contribution in [0, 0.1) is 6.92 Å². The fourth-order valence-corrected chi connectivity index (χ4v) is 1.94. The number of aryl methyl sites for hydroxylation is 1. The summed E-state index contributed by atoms with van der Waals surface area (Å²) in [6, 6.07) is 0. The molecule has 0 spiro atoms. The smallest absolute Gasteiger partial charge is 0.270 e. The van der Waals surface area contributed by atoms with E-state index in [0.717, 1.165) is 5.01 Å². The molecule has 3 N–H and O–H groups in total. The molecule has 0 radical (unpaired) electrons. The molecule has 17 heavy (non-hydrogen) atoms. The van der Waals surface area contributed by atoms with Crippen molar-refractivity contribution in [2.24, 2.45) is 0 Å². The van der Waals surface area contributed by atoms with Crippen molar-refractivity contribution in [2.45, 2.75) is 13.5 Å². The van der Waals surface area contributed by atoms with Crippen LogP contribution in [-0.4, -0.2) is 27.2 Å². The second-order valence-corrected chi connectivity index (χ2v) is 4.61. The monoisotopic (exact) mass is 251 g/mol. The molecule has 0 saturated carbocycles. The quantitative estimate of drug-likeness (QED) is 0.836. The Morgan fingerprint density at radius 3 is 3.06 bits per heavy atom. The number of anilines is 1. The van der Waals surface area contributed by atoms with Gasteiger partial charge >= 0.3 is 0 Å². The largest absolute Gasteiger partial charge is 0.396 e. The lowest BCUT2D eigenvalue weighted by atomic mass is 10.4. The van der Waals surface area contributed by atoms with Crippen molar-refractivity contribution in [3.8, 4) is 0 Å². The van der Waals surface area contributed by atoms with Gasteiger partial charge in [0, 0.05) is 18.1 Å². The van der Waals surface area contributed by atoms with Gasteiger partial charge < -0.3 is 11.1 Å². The second kappa shape index (κ2) is 4.96. The van der Waals surface area contributed by atoms with Gasteiger partial charge in [-0.15, -0.1) is 11.3 Å². The molecule has 2 rings (SSSR count). The minimum absolute atomic E-state index is 0.158. The Hall–Kier alpha value is -1.89. The molecule has 0 bridgehead atoms. The molecule has 0 saturated heterocycles. The van der Waals surface area contributed by atoms with E-state index in [1.165, 1.54) is 11.3 Å². The second-order valence-electron chi connectivity index (χ2n) is 3.54. The first-order valence-corrected chi connectivity index (χ1v) is 6.01. The van der Waals surface area contributed by atoms with Crippen LogP contribution < -0.4 is 11.1 Å². The highest BCUT2D eigenvalue weighted by molar-refractivity contribution is 7.09. The lowest BCUT2D eigenvalue weighted by Gasteiger charge is -2.03. The maximum atomic E-state index is 11.6. The summed E-state index contributed by atoms with van der Waals surface area (Å²) in [6.07, 6.45) is 3.30. The minimum Gasteiger partial charge on any atom is -0.396 e. The first-order valence-electron chi connectivity index (χ1n) is 5.13. The number of hydrogen-bond acceptors (Lipinski definition) is 5. The van der Waals surface area contributed by atoms with Crippen LogP contribution in [-0.2, 0) is 6.54 Å². The number of amides is 1. The van der Waals surface area contributed by atoms with E-state index < -0.39 is 0 Å². The van der Waals surface area contributed by atoms with Crippen molar-refractivity contribution in [1.29, 1.82) is 0 Å². The Labute approximate surface area is 102 Å². The molecular weight excluding hydrogens is 238 g/mol.